The van der Waals surface area contributed by atoms with Crippen molar-refractivity contribution >= 4 is 34.4 Å². The second kappa shape index (κ2) is 11.5. The number of nitrogens with one attached hydrogen (secondary N) is 3. The van der Waals surface area contributed by atoms with Crippen LogP contribution < -0.4 is 26.0 Å². The molecule has 1 saturated heterocycles. The van der Waals surface area contributed by atoms with Gasteiger partial charge in [-0.2, -0.15) is 0 Å². The molecule has 2 aliphatic rings. The van der Waals surface area contributed by atoms with Gasteiger partial charge in [0.25, 0.3) is 0 Å². The normalized spacial score (nSPS) is 21.1. The van der Waals surface area contributed by atoms with Gasteiger partial charge in [-0.05, 0) is 83.6 Å². The van der Waals surface area contributed by atoms with Crippen LogP contribution in [0, 0.1) is 12.8 Å². The van der Waals surface area contributed by atoms with Gasteiger partial charge < -0.3 is 30.0 Å². The van der Waals surface area contributed by atoms with Crippen LogP contribution in [-0.2, 0) is 9.53 Å². The molecule has 1 saturated carbocycles. The number of carbonyl (C=O) groups excluding carboxylic acids is 2. The molecule has 5 rings (SSSR count). The smallest absolute Gasteiger partial charge is 0.407 e. The first-order valence-electron chi connectivity index (χ1n) is 14.5. The van der Waals surface area contributed by atoms with E-state index in [0.717, 1.165) is 59.5 Å². The zero-order valence-corrected chi connectivity index (χ0v) is 24.6. The van der Waals surface area contributed by atoms with Crippen molar-refractivity contribution in [1.82, 2.24) is 14.9 Å². The Morgan fingerprint density at radius 2 is 1.80 bits per heavy atom. The lowest BCUT2D eigenvalue weighted by molar-refractivity contribution is -0.121. The minimum Gasteiger partial charge on any atom is -0.496 e. The molecule has 1 atom stereocenters. The average Bonchev–Trinajstić information content (AvgIpc) is 3.51. The van der Waals surface area contributed by atoms with Crippen LogP contribution in [0.5, 0.6) is 5.75 Å². The maximum Gasteiger partial charge on any atom is 0.407 e. The van der Waals surface area contributed by atoms with Crippen LogP contribution in [-0.4, -0.2) is 53.4 Å². The minimum atomic E-state index is -0.547. The Labute approximate surface area is 240 Å². The summed E-state index contributed by atoms with van der Waals surface area (Å²) in [7, 11) is 1.62. The maximum absolute atomic E-state index is 13.2. The van der Waals surface area contributed by atoms with Crippen molar-refractivity contribution in [3.8, 4) is 5.75 Å². The maximum atomic E-state index is 13.2. The number of aryl methyl sites for hydroxylation is 1. The number of benzene rings is 2. The lowest BCUT2D eigenvalue weighted by Crippen LogP contribution is -2.40. The number of fused-ring (bicyclic) bond motifs is 1. The van der Waals surface area contributed by atoms with E-state index in [9.17, 15) is 14.4 Å². The summed E-state index contributed by atoms with van der Waals surface area (Å²) in [6.45, 7) is 8.91. The molecule has 2 amide bonds. The molecular formula is C31H41N5O5. The number of hydrogen-bond donors (Lipinski definition) is 3. The fraction of sp³-hybridized carbons (Fsp3) is 0.516. The third kappa shape index (κ3) is 6.36. The van der Waals surface area contributed by atoms with E-state index in [0.29, 0.717) is 19.4 Å². The van der Waals surface area contributed by atoms with Crippen molar-refractivity contribution in [1.29, 1.82) is 0 Å². The first kappa shape index (κ1) is 28.6. The van der Waals surface area contributed by atoms with Crippen molar-refractivity contribution < 1.29 is 19.1 Å². The summed E-state index contributed by atoms with van der Waals surface area (Å²) in [5, 5.41) is 6.01. The SMILES string of the molecule is COc1cc(NC(=O)[C@H]2CC[C@@H](n3c(=O)[nH]c4c(N5CCC(NC(=O)OC(C)(C)C)C5)cccc43)CC2)ccc1C. The number of H-pyrrole nitrogens is 1. The van der Waals surface area contributed by atoms with Crippen molar-refractivity contribution in [2.24, 2.45) is 5.92 Å². The van der Waals surface area contributed by atoms with Gasteiger partial charge in [-0.15, -0.1) is 0 Å². The Morgan fingerprint density at radius 3 is 2.51 bits per heavy atom. The number of rotatable bonds is 6. The van der Waals surface area contributed by atoms with E-state index in [1.807, 2.05) is 68.7 Å². The topological polar surface area (TPSA) is 118 Å². The summed E-state index contributed by atoms with van der Waals surface area (Å²) in [5.74, 6) is 0.647. The molecule has 10 nitrogen and oxygen atoms in total. The summed E-state index contributed by atoms with van der Waals surface area (Å²) in [5.41, 5.74) is 3.70. The number of carbonyl (C=O) groups is 2. The first-order chi connectivity index (χ1) is 19.5. The number of anilines is 2. The molecule has 3 aromatic rings. The molecule has 1 aliphatic carbocycles. The summed E-state index contributed by atoms with van der Waals surface area (Å²) < 4.78 is 12.7. The number of para-hydroxylation sites is 1. The highest BCUT2D eigenvalue weighted by Crippen LogP contribution is 2.36. The number of aromatic nitrogens is 2. The first-order valence-corrected chi connectivity index (χ1v) is 14.5. The zero-order chi connectivity index (χ0) is 29.3. The molecule has 3 N–H and O–H groups in total. The second-order valence-electron chi connectivity index (χ2n) is 12.2. The van der Waals surface area contributed by atoms with E-state index in [4.69, 9.17) is 9.47 Å². The Kier molecular flexibility index (Phi) is 8.02. The number of amides is 2. The van der Waals surface area contributed by atoms with Gasteiger partial charge >= 0.3 is 11.8 Å². The van der Waals surface area contributed by atoms with Gasteiger partial charge in [-0.25, -0.2) is 9.59 Å². The van der Waals surface area contributed by atoms with E-state index in [1.165, 1.54) is 0 Å². The molecule has 2 fully saturated rings. The van der Waals surface area contributed by atoms with Crippen LogP contribution >= 0.6 is 0 Å². The molecule has 2 aromatic carbocycles. The molecule has 0 bridgehead atoms. The van der Waals surface area contributed by atoms with Crippen LogP contribution in [0.2, 0.25) is 0 Å². The van der Waals surface area contributed by atoms with E-state index < -0.39 is 11.7 Å². The summed E-state index contributed by atoms with van der Waals surface area (Å²) in [6, 6.07) is 11.6. The van der Waals surface area contributed by atoms with Crippen molar-refractivity contribution in [3.63, 3.8) is 0 Å². The molecule has 2 heterocycles. The third-order valence-corrected chi connectivity index (χ3v) is 8.09. The summed E-state index contributed by atoms with van der Waals surface area (Å²) in [4.78, 5) is 43.8. The largest absolute Gasteiger partial charge is 0.496 e. The van der Waals surface area contributed by atoms with Gasteiger partial charge in [0, 0.05) is 36.8 Å². The molecule has 10 heteroatoms. The van der Waals surface area contributed by atoms with Gasteiger partial charge in [0.05, 0.1) is 29.9 Å². The number of nitrogens with zero attached hydrogens (tertiary/aromatic N) is 2. The fourth-order valence-electron chi connectivity index (χ4n) is 6.07. The molecule has 41 heavy (non-hydrogen) atoms. The molecule has 1 aliphatic heterocycles. The van der Waals surface area contributed by atoms with E-state index >= 15 is 0 Å². The Balaban J connectivity index is 1.24. The van der Waals surface area contributed by atoms with Gasteiger partial charge in [-0.3, -0.25) is 9.36 Å². The monoisotopic (exact) mass is 563 g/mol. The molecule has 0 spiro atoms. The average molecular weight is 564 g/mol. The Morgan fingerprint density at radius 1 is 1.05 bits per heavy atom. The molecular weight excluding hydrogens is 522 g/mol. The summed E-state index contributed by atoms with van der Waals surface area (Å²) >= 11 is 0. The Hall–Kier alpha value is -3.95. The lowest BCUT2D eigenvalue weighted by atomic mass is 9.85. The third-order valence-electron chi connectivity index (χ3n) is 8.09. The molecule has 220 valence electrons. The Bertz CT molecular complexity index is 1480. The highest BCUT2D eigenvalue weighted by molar-refractivity contribution is 5.93. The predicted molar refractivity (Wildman–Crippen MR) is 160 cm³/mol. The standard InChI is InChI=1S/C31H41N5O5/c1-19-9-12-21(17-26(19)40-5)32-28(37)20-10-13-23(14-11-20)36-25-8-6-7-24(27(25)34-29(36)38)35-16-15-22(18-35)33-30(39)41-31(2,3)4/h6-9,12,17,20,22-23H,10-11,13-16,18H2,1-5H3,(H,32,37)(H,33,39)(H,34,38)/t20-,22?,23+. The number of aromatic amines is 1. The minimum absolute atomic E-state index is 0.00601. The predicted octanol–water partition coefficient (Wildman–Crippen LogP) is 5.12. The molecule has 1 aromatic heterocycles. The number of imidazole rings is 1. The van der Waals surface area contributed by atoms with Gasteiger partial charge in [0.2, 0.25) is 5.91 Å². The van der Waals surface area contributed by atoms with Crippen molar-refractivity contribution in [2.45, 2.75) is 77.5 Å². The van der Waals surface area contributed by atoms with Crippen LogP contribution in [0.1, 0.15) is 64.5 Å². The number of methoxy groups -OCH3 is 1. The van der Waals surface area contributed by atoms with Gasteiger partial charge in [-0.1, -0.05) is 12.1 Å². The van der Waals surface area contributed by atoms with E-state index in [1.54, 1.807) is 7.11 Å². The lowest BCUT2D eigenvalue weighted by Gasteiger charge is -2.29. The zero-order valence-electron chi connectivity index (χ0n) is 24.6. The fourth-order valence-corrected chi connectivity index (χ4v) is 6.07. The van der Waals surface area contributed by atoms with Gasteiger partial charge in [0.15, 0.2) is 0 Å². The number of ether oxygens (including phenoxy) is 2. The van der Waals surface area contributed by atoms with Gasteiger partial charge in [0.1, 0.15) is 11.4 Å². The van der Waals surface area contributed by atoms with Crippen LogP contribution in [0.3, 0.4) is 0 Å². The number of hydrogen-bond acceptors (Lipinski definition) is 6. The molecule has 1 unspecified atom stereocenters. The highest BCUT2D eigenvalue weighted by Gasteiger charge is 2.31. The quantitative estimate of drug-likeness (QED) is 0.383. The van der Waals surface area contributed by atoms with E-state index in [-0.39, 0.29) is 29.6 Å². The van der Waals surface area contributed by atoms with Crippen molar-refractivity contribution in [3.05, 3.63) is 52.4 Å². The second-order valence-corrected chi connectivity index (χ2v) is 12.2. The number of alkyl carbamates (subject to hydrolysis) is 1. The van der Waals surface area contributed by atoms with E-state index in [2.05, 4.69) is 20.5 Å². The summed E-state index contributed by atoms with van der Waals surface area (Å²) in [6.07, 6.45) is 3.30. The van der Waals surface area contributed by atoms with Crippen LogP contribution in [0.15, 0.2) is 41.2 Å². The van der Waals surface area contributed by atoms with Crippen LogP contribution in [0.4, 0.5) is 16.2 Å². The highest BCUT2D eigenvalue weighted by atomic mass is 16.6. The van der Waals surface area contributed by atoms with Crippen LogP contribution in [0.25, 0.3) is 11.0 Å². The molecule has 0 radical (unpaired) electrons. The van der Waals surface area contributed by atoms with Crippen molar-refractivity contribution in [2.75, 3.05) is 30.4 Å².